The Kier molecular flexibility index (Phi) is 5.21. The molecular formula is C18H19N3O5. The van der Waals surface area contributed by atoms with Crippen LogP contribution in [-0.4, -0.2) is 45.9 Å². The first-order valence-corrected chi connectivity index (χ1v) is 8.25. The number of piperidine rings is 1. The van der Waals surface area contributed by atoms with E-state index in [-0.39, 0.29) is 44.3 Å². The molecule has 2 amide bonds. The lowest BCUT2D eigenvalue weighted by Crippen LogP contribution is -2.44. The molecule has 0 radical (unpaired) electrons. The predicted octanol–water partition coefficient (Wildman–Crippen LogP) is -0.322. The van der Waals surface area contributed by atoms with E-state index < -0.39 is 11.9 Å². The molecule has 1 atom stereocenters. The number of fused-ring (bicyclic) bond motifs is 1. The zero-order valence-corrected chi connectivity index (χ0v) is 14.3. The highest BCUT2D eigenvalue weighted by Crippen LogP contribution is 2.24. The highest BCUT2D eigenvalue weighted by Gasteiger charge is 2.31. The molecule has 2 N–H and O–H groups in total. The second kappa shape index (κ2) is 7.56. The first-order valence-electron chi connectivity index (χ1n) is 8.25. The van der Waals surface area contributed by atoms with Crippen LogP contribution >= 0.6 is 0 Å². The van der Waals surface area contributed by atoms with Gasteiger partial charge in [-0.25, -0.2) is 4.79 Å². The number of aliphatic hydroxyl groups excluding tert-OH is 1. The van der Waals surface area contributed by atoms with Gasteiger partial charge in [-0.05, 0) is 18.6 Å². The average molecular weight is 357 g/mol. The van der Waals surface area contributed by atoms with Crippen LogP contribution in [0.15, 0.2) is 23.0 Å². The van der Waals surface area contributed by atoms with Crippen molar-refractivity contribution in [2.45, 2.75) is 18.9 Å². The first kappa shape index (κ1) is 17.9. The molecule has 2 aromatic rings. The standard InChI is InChI=1S/C18H19N3O5/c1-20-16-12(5-3-10-26-11-9-22)4-2-6-13(16)21(18(20)25)14-7-8-15(23)19-17(14)24/h2,4,6,14,22H,7-11H2,1H3,(H,19,23,24). The number of hydrogen-bond acceptors (Lipinski definition) is 5. The number of carbonyl (C=O) groups excluding carboxylic acids is 2. The molecule has 1 aliphatic rings. The van der Waals surface area contributed by atoms with Gasteiger partial charge in [0.1, 0.15) is 12.6 Å². The molecule has 136 valence electrons. The fourth-order valence-electron chi connectivity index (χ4n) is 3.09. The summed E-state index contributed by atoms with van der Waals surface area (Å²) in [5.41, 5.74) is 1.52. The number of imide groups is 1. The quantitative estimate of drug-likeness (QED) is 0.443. The van der Waals surface area contributed by atoms with Crippen LogP contribution in [0.2, 0.25) is 0 Å². The number of ether oxygens (including phenoxy) is 1. The fraction of sp³-hybridized carbons (Fsp3) is 0.389. The molecule has 0 spiro atoms. The third-order valence-corrected chi connectivity index (χ3v) is 4.26. The van der Waals surface area contributed by atoms with Crippen molar-refractivity contribution in [1.82, 2.24) is 14.5 Å². The number of aromatic nitrogens is 2. The van der Waals surface area contributed by atoms with Gasteiger partial charge in [0.05, 0.1) is 29.8 Å². The average Bonchev–Trinajstić information content (AvgIpc) is 2.87. The van der Waals surface area contributed by atoms with E-state index in [2.05, 4.69) is 17.2 Å². The molecule has 1 aromatic carbocycles. The van der Waals surface area contributed by atoms with Gasteiger partial charge in [0.15, 0.2) is 0 Å². The van der Waals surface area contributed by atoms with Gasteiger partial charge in [0.2, 0.25) is 11.8 Å². The second-order valence-corrected chi connectivity index (χ2v) is 5.93. The zero-order valence-electron chi connectivity index (χ0n) is 14.3. The maximum atomic E-state index is 12.7. The molecule has 3 rings (SSSR count). The molecule has 0 bridgehead atoms. The number of rotatable bonds is 4. The molecule has 1 aliphatic heterocycles. The SMILES string of the molecule is Cn1c(=O)n(C2CCC(=O)NC2=O)c2cccc(C#CCOCCO)c21. The lowest BCUT2D eigenvalue weighted by Gasteiger charge is -2.21. The Labute approximate surface area is 149 Å². The van der Waals surface area contributed by atoms with Crippen LogP contribution in [0.1, 0.15) is 24.4 Å². The molecule has 0 saturated carbocycles. The Morgan fingerprint density at radius 3 is 2.88 bits per heavy atom. The van der Waals surface area contributed by atoms with E-state index in [1.807, 2.05) is 0 Å². The summed E-state index contributed by atoms with van der Waals surface area (Å²) in [6, 6.07) is 4.59. The number of amides is 2. The normalized spacial score (nSPS) is 17.1. The van der Waals surface area contributed by atoms with Crippen LogP contribution in [0.3, 0.4) is 0 Å². The largest absolute Gasteiger partial charge is 0.394 e. The second-order valence-electron chi connectivity index (χ2n) is 5.93. The number of carbonyl (C=O) groups is 2. The van der Waals surface area contributed by atoms with E-state index in [9.17, 15) is 14.4 Å². The van der Waals surface area contributed by atoms with Gasteiger partial charge in [-0.2, -0.15) is 0 Å². The minimum absolute atomic E-state index is 0.0689. The van der Waals surface area contributed by atoms with Gasteiger partial charge in [-0.15, -0.1) is 0 Å². The lowest BCUT2D eigenvalue weighted by atomic mass is 10.1. The van der Waals surface area contributed by atoms with Crippen LogP contribution in [0.4, 0.5) is 0 Å². The fourth-order valence-corrected chi connectivity index (χ4v) is 3.09. The summed E-state index contributed by atoms with van der Waals surface area (Å²) in [5, 5.41) is 11.0. The number of aryl methyl sites for hydroxylation is 1. The number of imidazole rings is 1. The van der Waals surface area contributed by atoms with Crippen molar-refractivity contribution in [3.05, 3.63) is 34.2 Å². The number of nitrogens with zero attached hydrogens (tertiary/aromatic N) is 2. The Balaban J connectivity index is 2.03. The predicted molar refractivity (Wildman–Crippen MR) is 93.4 cm³/mol. The molecule has 8 heteroatoms. The summed E-state index contributed by atoms with van der Waals surface area (Å²) in [4.78, 5) is 36.3. The van der Waals surface area contributed by atoms with Crippen molar-refractivity contribution in [3.63, 3.8) is 0 Å². The third kappa shape index (κ3) is 3.27. The molecule has 2 heterocycles. The lowest BCUT2D eigenvalue weighted by molar-refractivity contribution is -0.135. The van der Waals surface area contributed by atoms with Gasteiger partial charge in [-0.1, -0.05) is 17.9 Å². The topological polar surface area (TPSA) is 103 Å². The monoisotopic (exact) mass is 357 g/mol. The number of benzene rings is 1. The Morgan fingerprint density at radius 2 is 2.15 bits per heavy atom. The van der Waals surface area contributed by atoms with Gasteiger partial charge >= 0.3 is 5.69 Å². The highest BCUT2D eigenvalue weighted by molar-refractivity contribution is 6.00. The molecular weight excluding hydrogens is 338 g/mol. The number of nitrogens with one attached hydrogen (secondary N) is 1. The van der Waals surface area contributed by atoms with Crippen molar-refractivity contribution in [2.75, 3.05) is 19.8 Å². The molecule has 0 aliphatic carbocycles. The summed E-state index contributed by atoms with van der Waals surface area (Å²) in [7, 11) is 1.63. The summed E-state index contributed by atoms with van der Waals surface area (Å²) in [5.74, 6) is 5.02. The first-order chi connectivity index (χ1) is 12.5. The molecule has 8 nitrogen and oxygen atoms in total. The van der Waals surface area contributed by atoms with Crippen LogP contribution in [0, 0.1) is 11.8 Å². The smallest absolute Gasteiger partial charge is 0.329 e. The number of hydrogen-bond donors (Lipinski definition) is 2. The zero-order chi connectivity index (χ0) is 18.7. The maximum absolute atomic E-state index is 12.7. The van der Waals surface area contributed by atoms with Crippen molar-refractivity contribution in [2.24, 2.45) is 7.05 Å². The Hall–Kier alpha value is -2.89. The van der Waals surface area contributed by atoms with Crippen molar-refractivity contribution in [3.8, 4) is 11.8 Å². The Morgan fingerprint density at radius 1 is 1.35 bits per heavy atom. The van der Waals surface area contributed by atoms with Crippen LogP contribution < -0.4 is 11.0 Å². The highest BCUT2D eigenvalue weighted by atomic mass is 16.5. The molecule has 1 unspecified atom stereocenters. The molecule has 1 fully saturated rings. The van der Waals surface area contributed by atoms with E-state index in [4.69, 9.17) is 9.84 Å². The molecule has 26 heavy (non-hydrogen) atoms. The van der Waals surface area contributed by atoms with Crippen LogP contribution in [0.25, 0.3) is 11.0 Å². The van der Waals surface area contributed by atoms with E-state index in [0.717, 1.165) is 0 Å². The number of aliphatic hydroxyl groups is 1. The van der Waals surface area contributed by atoms with Crippen molar-refractivity contribution in [1.29, 1.82) is 0 Å². The summed E-state index contributed by atoms with van der Waals surface area (Å²) in [6.45, 7) is 0.308. The van der Waals surface area contributed by atoms with Gasteiger partial charge in [0.25, 0.3) is 0 Å². The summed E-state index contributed by atoms with van der Waals surface area (Å²) >= 11 is 0. The minimum atomic E-state index is -0.722. The minimum Gasteiger partial charge on any atom is -0.394 e. The van der Waals surface area contributed by atoms with Crippen LogP contribution in [-0.2, 0) is 21.4 Å². The van der Waals surface area contributed by atoms with Crippen molar-refractivity contribution >= 4 is 22.8 Å². The molecule has 1 saturated heterocycles. The molecule has 1 aromatic heterocycles. The maximum Gasteiger partial charge on any atom is 0.329 e. The van der Waals surface area contributed by atoms with E-state index in [1.165, 1.54) is 9.13 Å². The van der Waals surface area contributed by atoms with Gasteiger partial charge < -0.3 is 9.84 Å². The Bertz CT molecular complexity index is 976. The van der Waals surface area contributed by atoms with E-state index in [0.29, 0.717) is 16.6 Å². The van der Waals surface area contributed by atoms with Crippen molar-refractivity contribution < 1.29 is 19.4 Å². The number of para-hydroxylation sites is 1. The third-order valence-electron chi connectivity index (χ3n) is 4.26. The summed E-state index contributed by atoms with van der Waals surface area (Å²) in [6.07, 6.45) is 0.482. The summed E-state index contributed by atoms with van der Waals surface area (Å²) < 4.78 is 7.99. The van der Waals surface area contributed by atoms with E-state index >= 15 is 0 Å². The van der Waals surface area contributed by atoms with Gasteiger partial charge in [-0.3, -0.25) is 24.0 Å². The van der Waals surface area contributed by atoms with Gasteiger partial charge in [0, 0.05) is 13.5 Å². The van der Waals surface area contributed by atoms with E-state index in [1.54, 1.807) is 25.2 Å². The van der Waals surface area contributed by atoms with Crippen LogP contribution in [0.5, 0.6) is 0 Å².